The molecule has 0 N–H and O–H groups in total. The summed E-state index contributed by atoms with van der Waals surface area (Å²) in [5.41, 5.74) is 7.30. The van der Waals surface area contributed by atoms with Crippen molar-refractivity contribution in [1.29, 1.82) is 0 Å². The number of aromatic nitrogens is 4. The first-order valence-corrected chi connectivity index (χ1v) is 18.0. The Kier molecular flexibility index (Phi) is 6.35. The highest BCUT2D eigenvalue weighted by molar-refractivity contribution is 7.26. The minimum absolute atomic E-state index is 0.614. The summed E-state index contributed by atoms with van der Waals surface area (Å²) in [6.07, 6.45) is 0. The minimum Gasteiger partial charge on any atom is -0.455 e. The van der Waals surface area contributed by atoms with Crippen LogP contribution in [-0.2, 0) is 0 Å². The molecule has 6 heteroatoms. The normalized spacial score (nSPS) is 11.8. The van der Waals surface area contributed by atoms with Gasteiger partial charge < -0.3 is 4.42 Å². The van der Waals surface area contributed by atoms with Gasteiger partial charge in [0, 0.05) is 53.2 Å². The van der Waals surface area contributed by atoms with Crippen LogP contribution in [0.5, 0.6) is 0 Å². The van der Waals surface area contributed by atoms with Crippen molar-refractivity contribution in [2.45, 2.75) is 0 Å². The number of benzene rings is 7. The highest BCUT2D eigenvalue weighted by Gasteiger charge is 2.19. The fraction of sp³-hybridized carbons (Fsp3) is 0. The smallest absolute Gasteiger partial charge is 0.165 e. The second kappa shape index (κ2) is 11.4. The van der Waals surface area contributed by atoms with Gasteiger partial charge in [-0.15, -0.1) is 11.3 Å². The van der Waals surface area contributed by atoms with E-state index in [-0.39, 0.29) is 0 Å². The lowest BCUT2D eigenvalue weighted by Crippen LogP contribution is -2.00. The van der Waals surface area contributed by atoms with Crippen LogP contribution in [0.4, 0.5) is 0 Å². The van der Waals surface area contributed by atoms with Crippen LogP contribution < -0.4 is 0 Å². The van der Waals surface area contributed by atoms with Crippen LogP contribution in [0.2, 0.25) is 0 Å². The minimum atomic E-state index is 0.614. The van der Waals surface area contributed by atoms with E-state index in [1.807, 2.05) is 36.4 Å². The molecule has 52 heavy (non-hydrogen) atoms. The van der Waals surface area contributed by atoms with Gasteiger partial charge in [-0.3, -0.25) is 0 Å². The average Bonchev–Trinajstić information content (AvgIpc) is 3.80. The number of fused-ring (bicyclic) bond motifs is 9. The van der Waals surface area contributed by atoms with Crippen molar-refractivity contribution in [3.8, 4) is 45.4 Å². The Morgan fingerprint density at radius 2 is 1.10 bits per heavy atom. The summed E-state index contributed by atoms with van der Waals surface area (Å²) in [6, 6.07) is 54.4. The molecule has 0 atom stereocenters. The lowest BCUT2D eigenvalue weighted by atomic mass is 10.0. The molecule has 11 rings (SSSR count). The summed E-state index contributed by atoms with van der Waals surface area (Å²) < 4.78 is 8.85. The molecule has 11 aromatic rings. The maximum absolute atomic E-state index is 6.44. The lowest BCUT2D eigenvalue weighted by Gasteiger charge is -2.11. The van der Waals surface area contributed by atoms with Crippen molar-refractivity contribution in [3.05, 3.63) is 158 Å². The number of para-hydroxylation sites is 2. The Bertz CT molecular complexity index is 3200. The molecule has 0 unspecified atom stereocenters. The van der Waals surface area contributed by atoms with E-state index in [2.05, 4.69) is 121 Å². The molecule has 4 heterocycles. The van der Waals surface area contributed by atoms with Crippen LogP contribution in [0, 0.1) is 0 Å². The standard InChI is InChI=1S/C46H26N4OS/c1-2-11-30-26-31(25-20-27(30)10-1)45-48-44(49-46(50-45)36-16-9-15-33-32-12-5-8-19-39(32)52-43(33)36)29-23-21-28(22-24-29)41-40-35-14-4-7-18-38(35)51-42(40)34-13-3-6-17-37(34)47-41/h1-26H. The average molecular weight is 683 g/mol. The zero-order chi connectivity index (χ0) is 34.2. The number of furan rings is 1. The first kappa shape index (κ1) is 29.0. The molecule has 242 valence electrons. The summed E-state index contributed by atoms with van der Waals surface area (Å²) in [7, 11) is 0. The van der Waals surface area contributed by atoms with Crippen molar-refractivity contribution in [2.24, 2.45) is 0 Å². The van der Waals surface area contributed by atoms with E-state index in [1.165, 1.54) is 25.6 Å². The van der Waals surface area contributed by atoms with Gasteiger partial charge in [-0.1, -0.05) is 121 Å². The van der Waals surface area contributed by atoms with Gasteiger partial charge in [0.2, 0.25) is 0 Å². The van der Waals surface area contributed by atoms with E-state index in [0.717, 1.165) is 66.2 Å². The predicted octanol–water partition coefficient (Wildman–Crippen LogP) is 12.5. The fourth-order valence-corrected chi connectivity index (χ4v) is 8.61. The fourth-order valence-electron chi connectivity index (χ4n) is 7.40. The van der Waals surface area contributed by atoms with Crippen molar-refractivity contribution >= 4 is 75.1 Å². The molecule has 0 aliphatic rings. The molecule has 0 aliphatic heterocycles. The third-order valence-corrected chi connectivity index (χ3v) is 11.1. The third kappa shape index (κ3) is 4.55. The topological polar surface area (TPSA) is 64.7 Å². The van der Waals surface area contributed by atoms with Crippen molar-refractivity contribution < 1.29 is 4.42 Å². The van der Waals surface area contributed by atoms with E-state index >= 15 is 0 Å². The maximum atomic E-state index is 6.44. The number of rotatable bonds is 4. The van der Waals surface area contributed by atoms with Crippen molar-refractivity contribution in [1.82, 2.24) is 19.9 Å². The molecule has 7 aromatic carbocycles. The number of pyridine rings is 1. The molecule has 0 saturated carbocycles. The van der Waals surface area contributed by atoms with Crippen LogP contribution in [0.15, 0.2) is 162 Å². The molecule has 0 radical (unpaired) electrons. The van der Waals surface area contributed by atoms with Crippen LogP contribution in [0.25, 0.3) is 109 Å². The van der Waals surface area contributed by atoms with Gasteiger partial charge in [0.25, 0.3) is 0 Å². The van der Waals surface area contributed by atoms with E-state index < -0.39 is 0 Å². The van der Waals surface area contributed by atoms with E-state index in [0.29, 0.717) is 17.5 Å². The van der Waals surface area contributed by atoms with Gasteiger partial charge >= 0.3 is 0 Å². The largest absolute Gasteiger partial charge is 0.455 e. The molecule has 0 saturated heterocycles. The van der Waals surface area contributed by atoms with E-state index in [1.54, 1.807) is 11.3 Å². The Morgan fingerprint density at radius 3 is 1.98 bits per heavy atom. The van der Waals surface area contributed by atoms with Gasteiger partial charge in [-0.25, -0.2) is 19.9 Å². The molecule has 0 amide bonds. The SMILES string of the molecule is c1ccc2cc(-c3nc(-c4ccc(-c5nc6ccccc6c6oc7ccccc7c56)cc4)nc(-c4cccc5c4sc4ccccc45)n3)ccc2c1. The number of hydrogen-bond donors (Lipinski definition) is 0. The molecule has 4 aromatic heterocycles. The first-order valence-electron chi connectivity index (χ1n) is 17.2. The third-order valence-electron chi connectivity index (χ3n) is 9.92. The Morgan fingerprint density at radius 1 is 0.442 bits per heavy atom. The van der Waals surface area contributed by atoms with Crippen LogP contribution in [0.3, 0.4) is 0 Å². The molecule has 0 aliphatic carbocycles. The molecular formula is C46H26N4OS. The zero-order valence-corrected chi connectivity index (χ0v) is 28.4. The summed E-state index contributed by atoms with van der Waals surface area (Å²) in [6.45, 7) is 0. The van der Waals surface area contributed by atoms with Crippen molar-refractivity contribution in [2.75, 3.05) is 0 Å². The van der Waals surface area contributed by atoms with Gasteiger partial charge in [0.05, 0.1) is 16.6 Å². The maximum Gasteiger partial charge on any atom is 0.165 e. The summed E-state index contributed by atoms with van der Waals surface area (Å²) >= 11 is 1.78. The van der Waals surface area contributed by atoms with Crippen LogP contribution in [0.1, 0.15) is 0 Å². The molecule has 0 bridgehead atoms. The monoisotopic (exact) mass is 682 g/mol. The second-order valence-electron chi connectivity index (χ2n) is 13.0. The lowest BCUT2D eigenvalue weighted by molar-refractivity contribution is 0.672. The molecule has 0 fully saturated rings. The first-order chi connectivity index (χ1) is 25.7. The zero-order valence-electron chi connectivity index (χ0n) is 27.6. The number of hydrogen-bond acceptors (Lipinski definition) is 6. The summed E-state index contributed by atoms with van der Waals surface area (Å²) in [5, 5.41) is 7.82. The summed E-state index contributed by atoms with van der Waals surface area (Å²) in [5.74, 6) is 1.90. The van der Waals surface area contributed by atoms with Crippen LogP contribution in [-0.4, -0.2) is 19.9 Å². The van der Waals surface area contributed by atoms with Gasteiger partial charge in [0.15, 0.2) is 17.5 Å². The highest BCUT2D eigenvalue weighted by atomic mass is 32.1. The summed E-state index contributed by atoms with van der Waals surface area (Å²) in [4.78, 5) is 20.6. The number of thiophene rings is 1. The van der Waals surface area contributed by atoms with Crippen LogP contribution >= 0.6 is 11.3 Å². The number of nitrogens with zero attached hydrogens (tertiary/aromatic N) is 4. The van der Waals surface area contributed by atoms with Gasteiger partial charge in [0.1, 0.15) is 11.2 Å². The van der Waals surface area contributed by atoms with Crippen molar-refractivity contribution in [3.63, 3.8) is 0 Å². The Labute approximate surface area is 301 Å². The molecule has 0 spiro atoms. The van der Waals surface area contributed by atoms with E-state index in [9.17, 15) is 0 Å². The highest BCUT2D eigenvalue weighted by Crippen LogP contribution is 2.41. The van der Waals surface area contributed by atoms with Gasteiger partial charge in [-0.2, -0.15) is 0 Å². The van der Waals surface area contributed by atoms with Gasteiger partial charge in [-0.05, 0) is 47.2 Å². The predicted molar refractivity (Wildman–Crippen MR) is 215 cm³/mol. The van der Waals surface area contributed by atoms with E-state index in [4.69, 9.17) is 24.4 Å². The molecular weight excluding hydrogens is 657 g/mol. The molecule has 5 nitrogen and oxygen atoms in total. The second-order valence-corrected chi connectivity index (χ2v) is 14.1. The quantitative estimate of drug-likeness (QED) is 0.185. The Hall–Kier alpha value is -6.76. The Balaban J connectivity index is 1.10.